The van der Waals surface area contributed by atoms with Gasteiger partial charge in [0.05, 0.1) is 0 Å². The predicted molar refractivity (Wildman–Crippen MR) is 94.5 cm³/mol. The van der Waals surface area contributed by atoms with Gasteiger partial charge in [-0.05, 0) is 26.2 Å². The molecule has 0 saturated heterocycles. The summed E-state index contributed by atoms with van der Waals surface area (Å²) in [5.74, 6) is 1.61. The van der Waals surface area contributed by atoms with Crippen molar-refractivity contribution < 1.29 is 14.3 Å². The molecule has 0 radical (unpaired) electrons. The molecule has 132 valence electrons. The molecule has 0 atom stereocenters. The van der Waals surface area contributed by atoms with Crippen molar-refractivity contribution in [2.75, 3.05) is 51.0 Å². The summed E-state index contributed by atoms with van der Waals surface area (Å²) in [5, 5.41) is 5.98. The van der Waals surface area contributed by atoms with E-state index in [1.165, 1.54) is 6.33 Å². The third-order valence-corrected chi connectivity index (χ3v) is 3.56. The normalized spacial score (nSPS) is 12.8. The first-order valence-corrected chi connectivity index (χ1v) is 8.03. The molecule has 1 aliphatic rings. The lowest BCUT2D eigenvalue weighted by atomic mass is 10.2. The van der Waals surface area contributed by atoms with Crippen LogP contribution in [-0.2, 0) is 0 Å². The standard InChI is InChI=1S/C17H21N5O3/c1-22(2)6-5-18-16-10-13(19-11-20-16)17(23)21-12-3-4-14-15(9-12)25-8-7-24-14/h3-4,9-11H,5-8H2,1-2H3,(H,21,23)(H,18,19,20). The maximum atomic E-state index is 12.4. The second-order valence-corrected chi connectivity index (χ2v) is 5.83. The molecule has 8 nitrogen and oxygen atoms in total. The van der Waals surface area contributed by atoms with Crippen molar-refractivity contribution in [2.45, 2.75) is 0 Å². The van der Waals surface area contributed by atoms with Crippen LogP contribution in [0.3, 0.4) is 0 Å². The number of anilines is 2. The van der Waals surface area contributed by atoms with Crippen molar-refractivity contribution >= 4 is 17.4 Å². The molecule has 1 aromatic heterocycles. The summed E-state index contributed by atoms with van der Waals surface area (Å²) in [5.41, 5.74) is 0.909. The van der Waals surface area contributed by atoms with Gasteiger partial charge in [0, 0.05) is 30.9 Å². The molecule has 8 heteroatoms. The second kappa shape index (κ2) is 7.80. The molecular weight excluding hydrogens is 322 g/mol. The monoisotopic (exact) mass is 343 g/mol. The van der Waals surface area contributed by atoms with Crippen molar-refractivity contribution in [3.8, 4) is 11.5 Å². The van der Waals surface area contributed by atoms with Gasteiger partial charge in [0.1, 0.15) is 31.1 Å². The highest BCUT2D eigenvalue weighted by Gasteiger charge is 2.14. The Bertz CT molecular complexity index is 751. The summed E-state index contributed by atoms with van der Waals surface area (Å²) in [7, 11) is 3.99. The van der Waals surface area contributed by atoms with E-state index in [1.807, 2.05) is 14.1 Å². The lowest BCUT2D eigenvalue weighted by Gasteiger charge is -2.19. The number of carbonyl (C=O) groups is 1. The number of hydrogen-bond acceptors (Lipinski definition) is 7. The van der Waals surface area contributed by atoms with Gasteiger partial charge in [-0.1, -0.05) is 0 Å². The lowest BCUT2D eigenvalue weighted by molar-refractivity contribution is 0.102. The molecule has 0 unspecified atom stereocenters. The first-order chi connectivity index (χ1) is 12.1. The van der Waals surface area contributed by atoms with Gasteiger partial charge in [-0.25, -0.2) is 9.97 Å². The molecule has 1 amide bonds. The summed E-state index contributed by atoms with van der Waals surface area (Å²) in [6, 6.07) is 6.91. The highest BCUT2D eigenvalue weighted by atomic mass is 16.6. The Morgan fingerprint density at radius 3 is 2.76 bits per heavy atom. The molecule has 0 aliphatic carbocycles. The summed E-state index contributed by atoms with van der Waals surface area (Å²) >= 11 is 0. The molecule has 1 aliphatic heterocycles. The summed E-state index contributed by atoms with van der Waals surface area (Å²) in [4.78, 5) is 22.6. The van der Waals surface area contributed by atoms with Crippen molar-refractivity contribution in [3.05, 3.63) is 36.3 Å². The van der Waals surface area contributed by atoms with Crippen LogP contribution >= 0.6 is 0 Å². The Kier molecular flexibility index (Phi) is 5.30. The second-order valence-electron chi connectivity index (χ2n) is 5.83. The van der Waals surface area contributed by atoms with Gasteiger partial charge < -0.3 is 25.0 Å². The minimum Gasteiger partial charge on any atom is -0.486 e. The molecule has 0 bridgehead atoms. The van der Waals surface area contributed by atoms with E-state index in [4.69, 9.17) is 9.47 Å². The Hall–Kier alpha value is -2.87. The first kappa shape index (κ1) is 17.0. The zero-order valence-corrected chi connectivity index (χ0v) is 14.3. The van der Waals surface area contributed by atoms with Gasteiger partial charge >= 0.3 is 0 Å². The van der Waals surface area contributed by atoms with E-state index in [9.17, 15) is 4.79 Å². The SMILES string of the molecule is CN(C)CCNc1cc(C(=O)Nc2ccc3c(c2)OCCO3)ncn1. The molecule has 2 N–H and O–H groups in total. The molecule has 1 aromatic carbocycles. The first-order valence-electron chi connectivity index (χ1n) is 8.03. The van der Waals surface area contributed by atoms with Crippen LogP contribution in [0.25, 0.3) is 0 Å². The lowest BCUT2D eigenvalue weighted by Crippen LogP contribution is -2.21. The number of rotatable bonds is 6. The zero-order valence-electron chi connectivity index (χ0n) is 14.3. The van der Waals surface area contributed by atoms with Crippen LogP contribution in [-0.4, -0.2) is 61.2 Å². The van der Waals surface area contributed by atoms with Crippen LogP contribution < -0.4 is 20.1 Å². The third kappa shape index (κ3) is 4.57. The summed E-state index contributed by atoms with van der Waals surface area (Å²) < 4.78 is 11.0. The largest absolute Gasteiger partial charge is 0.486 e. The Balaban J connectivity index is 1.65. The fourth-order valence-electron chi connectivity index (χ4n) is 2.30. The van der Waals surface area contributed by atoms with Crippen LogP contribution in [0.5, 0.6) is 11.5 Å². The summed E-state index contributed by atoms with van der Waals surface area (Å²) in [6.45, 7) is 2.62. The van der Waals surface area contributed by atoms with Crippen LogP contribution in [0.15, 0.2) is 30.6 Å². The topological polar surface area (TPSA) is 88.6 Å². The molecule has 3 rings (SSSR count). The smallest absolute Gasteiger partial charge is 0.274 e. The van der Waals surface area contributed by atoms with Crippen LogP contribution in [0, 0.1) is 0 Å². The zero-order chi connectivity index (χ0) is 17.6. The molecule has 0 fully saturated rings. The molecule has 25 heavy (non-hydrogen) atoms. The third-order valence-electron chi connectivity index (χ3n) is 3.56. The van der Waals surface area contributed by atoms with Crippen LogP contribution in [0.2, 0.25) is 0 Å². The average Bonchev–Trinajstić information content (AvgIpc) is 2.61. The van der Waals surface area contributed by atoms with E-state index in [0.29, 0.717) is 36.2 Å². The quantitative estimate of drug-likeness (QED) is 0.821. The highest BCUT2D eigenvalue weighted by Crippen LogP contribution is 2.32. The Morgan fingerprint density at radius 2 is 1.96 bits per heavy atom. The van der Waals surface area contributed by atoms with Gasteiger partial charge in [0.25, 0.3) is 5.91 Å². The number of nitrogens with one attached hydrogen (secondary N) is 2. The van der Waals surface area contributed by atoms with E-state index in [1.54, 1.807) is 24.3 Å². The van der Waals surface area contributed by atoms with E-state index in [0.717, 1.165) is 13.1 Å². The summed E-state index contributed by atoms with van der Waals surface area (Å²) in [6.07, 6.45) is 1.37. The maximum Gasteiger partial charge on any atom is 0.274 e. The molecule has 0 saturated carbocycles. The number of likely N-dealkylation sites (N-methyl/N-ethyl adjacent to an activating group) is 1. The number of aromatic nitrogens is 2. The van der Waals surface area contributed by atoms with Crippen LogP contribution in [0.4, 0.5) is 11.5 Å². The van der Waals surface area contributed by atoms with E-state index >= 15 is 0 Å². The van der Waals surface area contributed by atoms with Gasteiger partial charge in [-0.3, -0.25) is 4.79 Å². The van der Waals surface area contributed by atoms with Gasteiger partial charge in [-0.15, -0.1) is 0 Å². The maximum absolute atomic E-state index is 12.4. The van der Waals surface area contributed by atoms with Crippen molar-refractivity contribution in [1.29, 1.82) is 0 Å². The fourth-order valence-corrected chi connectivity index (χ4v) is 2.30. The number of carbonyl (C=O) groups excluding carboxylic acids is 1. The molecule has 2 aromatic rings. The Labute approximate surface area is 146 Å². The number of amides is 1. The number of ether oxygens (including phenoxy) is 2. The molecule has 0 spiro atoms. The van der Waals surface area contributed by atoms with E-state index in [-0.39, 0.29) is 11.6 Å². The minimum absolute atomic E-state index is 0.289. The van der Waals surface area contributed by atoms with Gasteiger partial charge in [0.2, 0.25) is 0 Å². The number of benzene rings is 1. The minimum atomic E-state index is -0.310. The van der Waals surface area contributed by atoms with Gasteiger partial charge in [-0.2, -0.15) is 0 Å². The van der Waals surface area contributed by atoms with Crippen LogP contribution in [0.1, 0.15) is 10.5 Å². The number of fused-ring (bicyclic) bond motifs is 1. The van der Waals surface area contributed by atoms with Gasteiger partial charge in [0.15, 0.2) is 11.5 Å². The molecule has 2 heterocycles. The Morgan fingerprint density at radius 1 is 1.16 bits per heavy atom. The van der Waals surface area contributed by atoms with Crippen molar-refractivity contribution in [1.82, 2.24) is 14.9 Å². The number of hydrogen-bond donors (Lipinski definition) is 2. The van der Waals surface area contributed by atoms with Crippen molar-refractivity contribution in [3.63, 3.8) is 0 Å². The molecular formula is C17H21N5O3. The number of nitrogens with zero attached hydrogens (tertiary/aromatic N) is 3. The van der Waals surface area contributed by atoms with E-state index < -0.39 is 0 Å². The van der Waals surface area contributed by atoms with E-state index in [2.05, 4.69) is 25.5 Å². The highest BCUT2D eigenvalue weighted by molar-refractivity contribution is 6.03. The van der Waals surface area contributed by atoms with Crippen molar-refractivity contribution in [2.24, 2.45) is 0 Å². The average molecular weight is 343 g/mol. The predicted octanol–water partition coefficient (Wildman–Crippen LogP) is 1.47. The fraction of sp³-hybridized carbons (Fsp3) is 0.353.